The minimum Gasteiger partial charge on any atom is -0.441 e. The topological polar surface area (TPSA) is 75.9 Å². The molecule has 0 aromatic carbocycles. The largest absolute Gasteiger partial charge is 0.441 e. The zero-order valence-electron chi connectivity index (χ0n) is 16.9. The first-order valence-corrected chi connectivity index (χ1v) is 10.0. The SMILES string of the molecule is CCCC(C)N1CC2(CCN(C(=O)CCc3c(C)noc3C)CC2)OC1=O. The van der Waals surface area contributed by atoms with E-state index >= 15 is 0 Å². The Hall–Kier alpha value is -2.05. The molecule has 2 aliphatic heterocycles. The van der Waals surface area contributed by atoms with Crippen molar-refractivity contribution in [3.63, 3.8) is 0 Å². The average Bonchev–Trinajstić information content (AvgIpc) is 3.13. The van der Waals surface area contributed by atoms with E-state index in [2.05, 4.69) is 19.0 Å². The van der Waals surface area contributed by atoms with Gasteiger partial charge in [-0.3, -0.25) is 4.79 Å². The van der Waals surface area contributed by atoms with E-state index in [4.69, 9.17) is 9.26 Å². The van der Waals surface area contributed by atoms with E-state index in [1.165, 1.54) is 0 Å². The van der Waals surface area contributed by atoms with Crippen LogP contribution >= 0.6 is 0 Å². The van der Waals surface area contributed by atoms with Crippen LogP contribution in [0.3, 0.4) is 0 Å². The number of aromatic nitrogens is 1. The Balaban J connectivity index is 1.51. The van der Waals surface area contributed by atoms with Crippen molar-refractivity contribution in [3.05, 3.63) is 17.0 Å². The van der Waals surface area contributed by atoms with Gasteiger partial charge in [-0.05, 0) is 33.6 Å². The van der Waals surface area contributed by atoms with E-state index < -0.39 is 5.60 Å². The number of rotatable bonds is 6. The van der Waals surface area contributed by atoms with E-state index in [9.17, 15) is 9.59 Å². The van der Waals surface area contributed by atoms with Crippen LogP contribution in [-0.2, 0) is 16.0 Å². The van der Waals surface area contributed by atoms with Gasteiger partial charge in [-0.25, -0.2) is 4.79 Å². The van der Waals surface area contributed by atoms with E-state index in [0.29, 0.717) is 45.3 Å². The summed E-state index contributed by atoms with van der Waals surface area (Å²) in [4.78, 5) is 28.6. The Morgan fingerprint density at radius 2 is 2.00 bits per heavy atom. The molecule has 0 bridgehead atoms. The lowest BCUT2D eigenvalue weighted by atomic mass is 9.90. The van der Waals surface area contributed by atoms with Crippen molar-refractivity contribution in [1.29, 1.82) is 0 Å². The Labute approximate surface area is 161 Å². The molecule has 0 radical (unpaired) electrons. The van der Waals surface area contributed by atoms with Crippen molar-refractivity contribution in [2.45, 2.75) is 77.9 Å². The molecule has 3 heterocycles. The maximum atomic E-state index is 12.6. The summed E-state index contributed by atoms with van der Waals surface area (Å²) in [5.41, 5.74) is 1.47. The molecule has 1 aromatic heterocycles. The van der Waals surface area contributed by atoms with Crippen molar-refractivity contribution >= 4 is 12.0 Å². The first-order chi connectivity index (χ1) is 12.8. The van der Waals surface area contributed by atoms with E-state index in [0.717, 1.165) is 29.9 Å². The van der Waals surface area contributed by atoms with Gasteiger partial charge in [-0.15, -0.1) is 0 Å². The van der Waals surface area contributed by atoms with Gasteiger partial charge in [0.25, 0.3) is 0 Å². The second-order valence-electron chi connectivity index (χ2n) is 8.00. The monoisotopic (exact) mass is 377 g/mol. The maximum absolute atomic E-state index is 12.6. The van der Waals surface area contributed by atoms with Gasteiger partial charge in [0.15, 0.2) is 0 Å². The highest BCUT2D eigenvalue weighted by Crippen LogP contribution is 2.35. The number of aryl methyl sites for hydroxylation is 2. The first kappa shape index (κ1) is 19.7. The second-order valence-corrected chi connectivity index (χ2v) is 8.00. The summed E-state index contributed by atoms with van der Waals surface area (Å²) >= 11 is 0. The molecule has 2 fully saturated rings. The summed E-state index contributed by atoms with van der Waals surface area (Å²) in [5.74, 6) is 0.933. The predicted molar refractivity (Wildman–Crippen MR) is 100 cm³/mol. The molecular formula is C20H31N3O4. The first-order valence-electron chi connectivity index (χ1n) is 10.0. The quantitative estimate of drug-likeness (QED) is 0.761. The molecule has 1 atom stereocenters. The Bertz CT molecular complexity index is 672. The van der Waals surface area contributed by atoms with Gasteiger partial charge in [-0.2, -0.15) is 0 Å². The maximum Gasteiger partial charge on any atom is 0.410 e. The van der Waals surface area contributed by atoms with Gasteiger partial charge in [0.1, 0.15) is 11.4 Å². The van der Waals surface area contributed by atoms with Crippen molar-refractivity contribution in [2.75, 3.05) is 19.6 Å². The van der Waals surface area contributed by atoms with Gasteiger partial charge in [0, 0.05) is 44.0 Å². The normalized spacial score (nSPS) is 20.2. The minimum atomic E-state index is -0.419. The molecule has 1 aromatic rings. The molecule has 0 aliphatic carbocycles. The Morgan fingerprint density at radius 3 is 2.59 bits per heavy atom. The molecule has 27 heavy (non-hydrogen) atoms. The van der Waals surface area contributed by atoms with Crippen LogP contribution < -0.4 is 0 Å². The zero-order chi connectivity index (χ0) is 19.6. The zero-order valence-corrected chi connectivity index (χ0v) is 16.9. The molecule has 2 aliphatic rings. The van der Waals surface area contributed by atoms with E-state index in [1.807, 2.05) is 23.6 Å². The molecule has 2 amide bonds. The van der Waals surface area contributed by atoms with Gasteiger partial charge in [0.05, 0.1) is 12.2 Å². The summed E-state index contributed by atoms with van der Waals surface area (Å²) < 4.78 is 10.9. The molecule has 2 saturated heterocycles. The molecule has 150 valence electrons. The van der Waals surface area contributed by atoms with Crippen LogP contribution in [0.5, 0.6) is 0 Å². The fourth-order valence-corrected chi connectivity index (χ4v) is 4.23. The number of ether oxygens (including phenoxy) is 1. The number of carbonyl (C=O) groups is 2. The van der Waals surface area contributed by atoms with Crippen LogP contribution in [0.2, 0.25) is 0 Å². The number of piperidine rings is 1. The standard InChI is InChI=1S/C20H31N3O4/c1-5-6-14(2)23-13-20(26-19(23)25)9-11-22(12-10-20)18(24)8-7-17-15(3)21-27-16(17)4/h14H,5-13H2,1-4H3. The number of nitrogens with zero attached hydrogens (tertiary/aromatic N) is 3. The van der Waals surface area contributed by atoms with E-state index in [1.54, 1.807) is 0 Å². The van der Waals surface area contributed by atoms with Crippen LogP contribution in [0.1, 0.15) is 63.0 Å². The number of hydrogen-bond acceptors (Lipinski definition) is 5. The van der Waals surface area contributed by atoms with Crippen molar-refractivity contribution in [3.8, 4) is 0 Å². The lowest BCUT2D eigenvalue weighted by Crippen LogP contribution is -2.49. The third kappa shape index (κ3) is 4.12. The van der Waals surface area contributed by atoms with Crippen molar-refractivity contribution in [1.82, 2.24) is 15.0 Å². The van der Waals surface area contributed by atoms with Crippen LogP contribution in [0, 0.1) is 13.8 Å². The van der Waals surface area contributed by atoms with E-state index in [-0.39, 0.29) is 18.0 Å². The lowest BCUT2D eigenvalue weighted by molar-refractivity contribution is -0.134. The Kier molecular flexibility index (Phi) is 5.77. The van der Waals surface area contributed by atoms with Gasteiger partial charge in [0.2, 0.25) is 5.91 Å². The molecule has 1 spiro atoms. The van der Waals surface area contributed by atoms with Crippen LogP contribution in [0.25, 0.3) is 0 Å². The summed E-state index contributed by atoms with van der Waals surface area (Å²) in [6.07, 6.45) is 4.36. The molecule has 3 rings (SSSR count). The van der Waals surface area contributed by atoms with Gasteiger partial charge >= 0.3 is 6.09 Å². The van der Waals surface area contributed by atoms with Crippen LogP contribution in [0.4, 0.5) is 4.79 Å². The molecule has 7 heteroatoms. The minimum absolute atomic E-state index is 0.144. The second kappa shape index (κ2) is 7.90. The highest BCUT2D eigenvalue weighted by atomic mass is 16.6. The van der Waals surface area contributed by atoms with Crippen LogP contribution in [0.15, 0.2) is 4.52 Å². The third-order valence-electron chi connectivity index (χ3n) is 6.03. The molecule has 7 nitrogen and oxygen atoms in total. The molecule has 0 N–H and O–H groups in total. The highest BCUT2D eigenvalue weighted by Gasteiger charge is 2.48. The fraction of sp³-hybridized carbons (Fsp3) is 0.750. The average molecular weight is 377 g/mol. The van der Waals surface area contributed by atoms with Crippen LogP contribution in [-0.4, -0.2) is 58.2 Å². The number of likely N-dealkylation sites (tertiary alicyclic amines) is 1. The van der Waals surface area contributed by atoms with Gasteiger partial charge in [-0.1, -0.05) is 18.5 Å². The summed E-state index contributed by atoms with van der Waals surface area (Å²) in [6.45, 7) is 9.92. The number of amides is 2. The Morgan fingerprint density at radius 1 is 1.30 bits per heavy atom. The fourth-order valence-electron chi connectivity index (χ4n) is 4.23. The van der Waals surface area contributed by atoms with Crippen molar-refractivity contribution < 1.29 is 18.8 Å². The summed E-state index contributed by atoms with van der Waals surface area (Å²) in [6, 6.07) is 0.205. The smallest absolute Gasteiger partial charge is 0.410 e. The highest BCUT2D eigenvalue weighted by molar-refractivity contribution is 5.77. The lowest BCUT2D eigenvalue weighted by Gasteiger charge is -2.37. The molecular weight excluding hydrogens is 346 g/mol. The third-order valence-corrected chi connectivity index (χ3v) is 6.03. The van der Waals surface area contributed by atoms with Gasteiger partial charge < -0.3 is 19.1 Å². The number of hydrogen-bond donors (Lipinski definition) is 0. The summed E-state index contributed by atoms with van der Waals surface area (Å²) in [5, 5.41) is 3.94. The predicted octanol–water partition coefficient (Wildman–Crippen LogP) is 3.23. The molecule has 1 unspecified atom stereocenters. The number of carbonyl (C=O) groups excluding carboxylic acids is 2. The molecule has 0 saturated carbocycles. The van der Waals surface area contributed by atoms with Crippen molar-refractivity contribution in [2.24, 2.45) is 0 Å². The summed E-state index contributed by atoms with van der Waals surface area (Å²) in [7, 11) is 0.